The highest BCUT2D eigenvalue weighted by Gasteiger charge is 2.26. The quantitative estimate of drug-likeness (QED) is 0.457. The number of nitrogens with two attached hydrogens (primary N) is 1. The first-order valence-corrected chi connectivity index (χ1v) is 11.9. The van der Waals surface area contributed by atoms with Crippen LogP contribution in [0.1, 0.15) is 58.4 Å². The van der Waals surface area contributed by atoms with E-state index in [0.717, 1.165) is 29.4 Å². The first-order chi connectivity index (χ1) is 15.8. The van der Waals surface area contributed by atoms with Crippen LogP contribution >= 0.6 is 11.6 Å². The molecule has 1 amide bonds. The zero-order chi connectivity index (χ0) is 24.0. The van der Waals surface area contributed by atoms with Crippen LogP contribution in [0.2, 0.25) is 5.02 Å². The van der Waals surface area contributed by atoms with Crippen molar-refractivity contribution in [1.29, 1.82) is 0 Å². The van der Waals surface area contributed by atoms with Crippen molar-refractivity contribution in [3.05, 3.63) is 53.6 Å². The van der Waals surface area contributed by atoms with Crippen LogP contribution in [0.25, 0.3) is 22.4 Å². The maximum absolute atomic E-state index is 11.9. The molecular weight excluding hydrogens is 438 g/mol. The molecule has 0 saturated heterocycles. The van der Waals surface area contributed by atoms with Gasteiger partial charge in [0.1, 0.15) is 11.9 Å². The van der Waals surface area contributed by atoms with Gasteiger partial charge >= 0.3 is 5.97 Å². The number of halogens is 1. The number of hydrogen-bond donors (Lipinski definition) is 2. The molecule has 1 aromatic heterocycles. The number of hydrogen-bond acceptors (Lipinski definition) is 3. The zero-order valence-corrected chi connectivity index (χ0v) is 20.0. The monoisotopic (exact) mass is 469 g/mol. The summed E-state index contributed by atoms with van der Waals surface area (Å²) in [6.07, 6.45) is 6.24. The van der Waals surface area contributed by atoms with E-state index in [1.54, 1.807) is 12.1 Å². The molecular formula is C26H32ClN3O3. The number of fused-ring (bicyclic) bond motifs is 1. The van der Waals surface area contributed by atoms with Crippen LogP contribution in [-0.2, 0) is 9.59 Å². The summed E-state index contributed by atoms with van der Waals surface area (Å²) in [7, 11) is 0. The molecule has 0 spiro atoms. The lowest BCUT2D eigenvalue weighted by atomic mass is 9.89. The Morgan fingerprint density at radius 2 is 1.73 bits per heavy atom. The average molecular weight is 470 g/mol. The van der Waals surface area contributed by atoms with Gasteiger partial charge in [-0.1, -0.05) is 56.8 Å². The van der Waals surface area contributed by atoms with Crippen LogP contribution in [0, 0.1) is 11.8 Å². The Hall–Kier alpha value is -2.86. The van der Waals surface area contributed by atoms with Crippen molar-refractivity contribution < 1.29 is 14.7 Å². The summed E-state index contributed by atoms with van der Waals surface area (Å²) in [5.41, 5.74) is 7.60. The molecule has 1 aliphatic rings. The van der Waals surface area contributed by atoms with Gasteiger partial charge in [-0.15, -0.1) is 0 Å². The third-order valence-corrected chi connectivity index (χ3v) is 6.25. The van der Waals surface area contributed by atoms with Crippen LogP contribution in [0.3, 0.4) is 0 Å². The number of amides is 1. The molecule has 1 fully saturated rings. The summed E-state index contributed by atoms with van der Waals surface area (Å²) in [6, 6.07) is 14.3. The fourth-order valence-corrected chi connectivity index (χ4v) is 4.44. The highest BCUT2D eigenvalue weighted by atomic mass is 35.5. The molecule has 4 rings (SSSR count). The lowest BCUT2D eigenvalue weighted by Crippen LogP contribution is -2.24. The number of para-hydroxylation sites is 2. The maximum Gasteiger partial charge on any atom is 0.326 e. The van der Waals surface area contributed by atoms with E-state index in [9.17, 15) is 14.7 Å². The van der Waals surface area contributed by atoms with E-state index in [2.05, 4.69) is 4.98 Å². The molecule has 3 N–H and O–H groups in total. The summed E-state index contributed by atoms with van der Waals surface area (Å²) >= 11 is 5.98. The number of carbonyl (C=O) groups excluding carboxylic acids is 1. The molecule has 3 aromatic rings. The van der Waals surface area contributed by atoms with E-state index >= 15 is 0 Å². The average Bonchev–Trinajstić information content (AvgIpc) is 3.18. The Labute approximate surface area is 199 Å². The normalized spacial score (nSPS) is 15.2. The van der Waals surface area contributed by atoms with Gasteiger partial charge in [-0.25, -0.2) is 9.78 Å². The van der Waals surface area contributed by atoms with Crippen LogP contribution in [-0.4, -0.2) is 26.5 Å². The van der Waals surface area contributed by atoms with Gasteiger partial charge in [0.2, 0.25) is 5.91 Å². The summed E-state index contributed by atoms with van der Waals surface area (Å²) in [5.74, 6) is 0.154. The van der Waals surface area contributed by atoms with E-state index in [-0.39, 0.29) is 17.7 Å². The van der Waals surface area contributed by atoms with E-state index < -0.39 is 12.0 Å². The van der Waals surface area contributed by atoms with E-state index in [1.807, 2.05) is 54.8 Å². The SMILES string of the molecule is CC(C)CC(C(=O)O)n1c(-c2ccc(Cl)cc2)nc2ccccc21.NC(=O)C1CCCCC1. The highest BCUT2D eigenvalue weighted by Crippen LogP contribution is 2.32. The Balaban J connectivity index is 0.000000286. The number of carboxylic acid groups (broad SMARTS) is 1. The molecule has 1 unspecified atom stereocenters. The second-order valence-electron chi connectivity index (χ2n) is 9.02. The molecule has 1 saturated carbocycles. The fourth-order valence-electron chi connectivity index (χ4n) is 4.31. The number of carbonyl (C=O) groups is 2. The summed E-state index contributed by atoms with van der Waals surface area (Å²) < 4.78 is 1.83. The first-order valence-electron chi connectivity index (χ1n) is 11.5. The van der Waals surface area contributed by atoms with Gasteiger partial charge in [0, 0.05) is 16.5 Å². The Bertz CT molecular complexity index is 1090. The van der Waals surface area contributed by atoms with Gasteiger partial charge in [0.25, 0.3) is 0 Å². The molecule has 0 aliphatic heterocycles. The fraction of sp³-hybridized carbons (Fsp3) is 0.423. The minimum atomic E-state index is -0.845. The topological polar surface area (TPSA) is 98.2 Å². The molecule has 176 valence electrons. The Kier molecular flexibility index (Phi) is 8.50. The van der Waals surface area contributed by atoms with Crippen LogP contribution in [0.15, 0.2) is 48.5 Å². The molecule has 7 heteroatoms. The zero-order valence-electron chi connectivity index (χ0n) is 19.2. The second-order valence-corrected chi connectivity index (χ2v) is 9.46. The predicted octanol–water partition coefficient (Wildman–Crippen LogP) is 6.08. The minimum absolute atomic E-state index is 0.102. The summed E-state index contributed by atoms with van der Waals surface area (Å²) in [4.78, 5) is 27.2. The largest absolute Gasteiger partial charge is 0.480 e. The lowest BCUT2D eigenvalue weighted by molar-refractivity contribution is -0.141. The summed E-state index contributed by atoms with van der Waals surface area (Å²) in [6.45, 7) is 4.05. The number of carboxylic acids is 1. The standard InChI is InChI=1S/C19H19ClN2O2.C7H13NO/c1-12(2)11-17(19(23)24)22-16-6-4-3-5-15(16)21-18(22)13-7-9-14(20)10-8-13;8-7(9)6-4-2-1-3-5-6/h3-10,12,17H,11H2,1-2H3,(H,23,24);6H,1-5H2,(H2,8,9). The Morgan fingerprint density at radius 1 is 1.09 bits per heavy atom. The number of nitrogens with zero attached hydrogens (tertiary/aromatic N) is 2. The van der Waals surface area contributed by atoms with Crippen molar-refractivity contribution in [2.24, 2.45) is 17.6 Å². The van der Waals surface area contributed by atoms with Gasteiger partial charge in [0.05, 0.1) is 11.0 Å². The molecule has 0 radical (unpaired) electrons. The predicted molar refractivity (Wildman–Crippen MR) is 132 cm³/mol. The Morgan fingerprint density at radius 3 is 2.27 bits per heavy atom. The van der Waals surface area contributed by atoms with E-state index in [0.29, 0.717) is 17.3 Å². The number of aliphatic carboxylic acids is 1. The number of primary amides is 1. The van der Waals surface area contributed by atoms with Crippen molar-refractivity contribution in [1.82, 2.24) is 9.55 Å². The van der Waals surface area contributed by atoms with Gasteiger partial charge in [-0.05, 0) is 61.6 Å². The number of aromatic nitrogens is 2. The molecule has 6 nitrogen and oxygen atoms in total. The molecule has 0 bridgehead atoms. The van der Waals surface area contributed by atoms with Crippen molar-refractivity contribution in [3.8, 4) is 11.4 Å². The second kappa shape index (κ2) is 11.3. The van der Waals surface area contributed by atoms with Crippen LogP contribution < -0.4 is 5.73 Å². The van der Waals surface area contributed by atoms with Gasteiger partial charge in [0.15, 0.2) is 0 Å². The third kappa shape index (κ3) is 6.35. The first kappa shape index (κ1) is 24.8. The minimum Gasteiger partial charge on any atom is -0.480 e. The van der Waals surface area contributed by atoms with Crippen LogP contribution in [0.4, 0.5) is 0 Å². The van der Waals surface area contributed by atoms with Crippen molar-refractivity contribution in [2.75, 3.05) is 0 Å². The van der Waals surface area contributed by atoms with Gasteiger partial charge in [-0.3, -0.25) is 4.79 Å². The van der Waals surface area contributed by atoms with Crippen LogP contribution in [0.5, 0.6) is 0 Å². The van der Waals surface area contributed by atoms with Gasteiger partial charge in [-0.2, -0.15) is 0 Å². The van der Waals surface area contributed by atoms with Gasteiger partial charge < -0.3 is 15.4 Å². The highest BCUT2D eigenvalue weighted by molar-refractivity contribution is 6.30. The maximum atomic E-state index is 11.9. The van der Waals surface area contributed by atoms with Crippen molar-refractivity contribution in [3.63, 3.8) is 0 Å². The smallest absolute Gasteiger partial charge is 0.326 e. The molecule has 1 atom stereocenters. The van der Waals surface area contributed by atoms with Crippen molar-refractivity contribution in [2.45, 2.75) is 58.4 Å². The lowest BCUT2D eigenvalue weighted by Gasteiger charge is -2.20. The van der Waals surface area contributed by atoms with E-state index in [4.69, 9.17) is 17.3 Å². The summed E-state index contributed by atoms with van der Waals surface area (Å²) in [5, 5.41) is 10.4. The molecule has 1 aliphatic carbocycles. The number of imidazole rings is 1. The molecule has 1 heterocycles. The number of rotatable bonds is 6. The number of benzene rings is 2. The van der Waals surface area contributed by atoms with Crippen molar-refractivity contribution >= 4 is 34.5 Å². The molecule has 33 heavy (non-hydrogen) atoms. The molecule has 2 aromatic carbocycles. The third-order valence-electron chi connectivity index (χ3n) is 6.00. The van der Waals surface area contributed by atoms with E-state index in [1.165, 1.54) is 19.3 Å².